The molecule has 1 aliphatic rings. The molecule has 0 bridgehead atoms. The van der Waals surface area contributed by atoms with E-state index in [1.165, 1.54) is 0 Å². The maximum absolute atomic E-state index is 13.8. The topological polar surface area (TPSA) is 79.9 Å². The van der Waals surface area contributed by atoms with Gasteiger partial charge < -0.3 is 14.4 Å². The molecule has 0 saturated heterocycles. The van der Waals surface area contributed by atoms with Crippen LogP contribution in [0.15, 0.2) is 42.5 Å². The lowest BCUT2D eigenvalue weighted by Gasteiger charge is -2.43. The molecule has 8 heteroatoms. The van der Waals surface area contributed by atoms with E-state index in [1.807, 2.05) is 41.3 Å². The van der Waals surface area contributed by atoms with Gasteiger partial charge in [-0.25, -0.2) is 4.79 Å². The fourth-order valence-electron chi connectivity index (χ4n) is 4.73. The van der Waals surface area contributed by atoms with E-state index in [0.717, 1.165) is 61.1 Å². The van der Waals surface area contributed by atoms with E-state index in [2.05, 4.69) is 61.7 Å². The zero-order valence-electron chi connectivity index (χ0n) is 24.9. The van der Waals surface area contributed by atoms with Crippen LogP contribution in [0.5, 0.6) is 5.75 Å². The van der Waals surface area contributed by atoms with Crippen LogP contribution < -0.4 is 15.4 Å². The van der Waals surface area contributed by atoms with Crippen LogP contribution in [-0.2, 0) is 16.0 Å². The Morgan fingerprint density at radius 1 is 1.02 bits per heavy atom. The van der Waals surface area contributed by atoms with Crippen molar-refractivity contribution < 1.29 is 19.1 Å². The number of rotatable bonds is 11. The minimum Gasteiger partial charge on any atom is -0.497 e. The van der Waals surface area contributed by atoms with Crippen molar-refractivity contribution >= 4 is 25.8 Å². The molecule has 0 radical (unpaired) electrons. The van der Waals surface area contributed by atoms with Crippen LogP contribution in [0.2, 0.25) is 19.6 Å². The van der Waals surface area contributed by atoms with Gasteiger partial charge in [0.1, 0.15) is 13.8 Å². The Bertz CT molecular complexity index is 1200. The molecule has 2 atom stereocenters. The van der Waals surface area contributed by atoms with E-state index in [0.29, 0.717) is 18.7 Å². The van der Waals surface area contributed by atoms with Crippen LogP contribution in [0.4, 0.5) is 10.5 Å². The second kappa shape index (κ2) is 14.9. The Morgan fingerprint density at radius 3 is 2.40 bits per heavy atom. The Labute approximate surface area is 241 Å². The first kappa shape index (κ1) is 31.2. The Balaban J connectivity index is 1.97. The van der Waals surface area contributed by atoms with Crippen LogP contribution in [0, 0.1) is 11.5 Å². The third kappa shape index (κ3) is 8.87. The van der Waals surface area contributed by atoms with Crippen molar-refractivity contribution in [3.05, 3.63) is 59.2 Å². The number of hydrogen-bond donors (Lipinski definition) is 2. The number of nitrogens with zero attached hydrogens (tertiary/aromatic N) is 1. The van der Waals surface area contributed by atoms with Gasteiger partial charge in [-0.15, -0.1) is 5.54 Å². The van der Waals surface area contributed by atoms with Crippen molar-refractivity contribution in [3.63, 3.8) is 0 Å². The number of nitrogens with one attached hydrogen (secondary N) is 2. The molecule has 7 nitrogen and oxygen atoms in total. The third-order valence-corrected chi connectivity index (χ3v) is 7.69. The summed E-state index contributed by atoms with van der Waals surface area (Å²) in [5.41, 5.74) is 7.04. The van der Waals surface area contributed by atoms with Crippen molar-refractivity contribution in [2.24, 2.45) is 0 Å². The Kier molecular flexibility index (Phi) is 11.7. The highest BCUT2D eigenvalue weighted by molar-refractivity contribution is 6.84. The molecule has 0 fully saturated rings. The van der Waals surface area contributed by atoms with Gasteiger partial charge in [-0.2, -0.15) is 0 Å². The molecule has 216 valence electrons. The van der Waals surface area contributed by atoms with E-state index in [-0.39, 0.29) is 18.1 Å². The summed E-state index contributed by atoms with van der Waals surface area (Å²) in [4.78, 5) is 27.9. The molecule has 1 heterocycles. The second-order valence-corrected chi connectivity index (χ2v) is 16.0. The number of amides is 2. The summed E-state index contributed by atoms with van der Waals surface area (Å²) in [5, 5.41) is 6.44. The Morgan fingerprint density at radius 2 is 1.75 bits per heavy atom. The molecule has 0 unspecified atom stereocenters. The van der Waals surface area contributed by atoms with Gasteiger partial charge in [0.05, 0.1) is 25.9 Å². The highest BCUT2D eigenvalue weighted by Crippen LogP contribution is 2.39. The molecule has 1 aliphatic heterocycles. The number of carbonyl (C=O) groups excluding carboxylic acids is 2. The van der Waals surface area contributed by atoms with E-state index in [4.69, 9.17) is 9.47 Å². The molecule has 40 heavy (non-hydrogen) atoms. The molecule has 3 rings (SSSR count). The zero-order chi connectivity index (χ0) is 29.1. The minimum absolute atomic E-state index is 0.180. The summed E-state index contributed by atoms with van der Waals surface area (Å²) in [7, 11) is -0.0896. The van der Waals surface area contributed by atoms with Gasteiger partial charge in [-0.05, 0) is 66.3 Å². The predicted molar refractivity (Wildman–Crippen MR) is 164 cm³/mol. The average Bonchev–Trinajstić information content (AvgIpc) is 2.93. The lowest BCUT2D eigenvalue weighted by atomic mass is 9.86. The van der Waals surface area contributed by atoms with E-state index < -0.39 is 14.2 Å². The quantitative estimate of drug-likeness (QED) is 0.185. The highest BCUT2D eigenvalue weighted by Gasteiger charge is 2.38. The van der Waals surface area contributed by atoms with Crippen LogP contribution in [0.3, 0.4) is 0 Å². The average molecular weight is 564 g/mol. The summed E-state index contributed by atoms with van der Waals surface area (Å²) in [6, 6.07) is 13.4. The summed E-state index contributed by atoms with van der Waals surface area (Å²) in [6.45, 7) is 11.9. The number of carbonyl (C=O) groups is 2. The summed E-state index contributed by atoms with van der Waals surface area (Å²) in [6.07, 6.45) is 5.02. The number of fused-ring (bicyclic) bond motifs is 1. The number of ether oxygens (including phenoxy) is 2. The maximum atomic E-state index is 13.8. The van der Waals surface area contributed by atoms with Gasteiger partial charge in [0.2, 0.25) is 0 Å². The van der Waals surface area contributed by atoms with Gasteiger partial charge in [-0.1, -0.05) is 71.0 Å². The van der Waals surface area contributed by atoms with Crippen LogP contribution in [0.25, 0.3) is 0 Å². The summed E-state index contributed by atoms with van der Waals surface area (Å²) in [5.74, 6) is 3.60. The van der Waals surface area contributed by atoms with Gasteiger partial charge in [0, 0.05) is 12.1 Å². The first-order valence-electron chi connectivity index (χ1n) is 14.5. The molecule has 0 spiro atoms. The van der Waals surface area contributed by atoms with Crippen molar-refractivity contribution in [2.75, 3.05) is 25.6 Å². The van der Waals surface area contributed by atoms with Gasteiger partial charge in [0.25, 0.3) is 5.91 Å². The lowest BCUT2D eigenvalue weighted by Crippen LogP contribution is -2.54. The largest absolute Gasteiger partial charge is 0.497 e. The fourth-order valence-corrected chi connectivity index (χ4v) is 5.21. The van der Waals surface area contributed by atoms with Gasteiger partial charge in [0.15, 0.2) is 0 Å². The first-order valence-corrected chi connectivity index (χ1v) is 18.0. The van der Waals surface area contributed by atoms with Crippen molar-refractivity contribution in [2.45, 2.75) is 84.2 Å². The van der Waals surface area contributed by atoms with Gasteiger partial charge in [-0.3, -0.25) is 15.4 Å². The number of unbranched alkanes of at least 4 members (excludes halogenated alkanes) is 3. The molecular formula is C32H45N3O4Si. The van der Waals surface area contributed by atoms with Crippen molar-refractivity contribution in [1.29, 1.82) is 0 Å². The molecule has 2 amide bonds. The standard InChI is InChI=1S/C32H45N3O4Si/c1-7-9-11-20-39-32(37)34-26-14-12-24(13-15-26)31-28-17-16-27(38-3)22-25(28)23-29(33-19-10-8-2)35(31)30(36)18-21-40(4,5)6/h12-17,22,29,31,33H,7-11,19-20,23H2,1-6H3,(H,34,37)/t29-,31+/m1/s1. The maximum Gasteiger partial charge on any atom is 0.411 e. The number of benzene rings is 2. The van der Waals surface area contributed by atoms with Crippen LogP contribution >= 0.6 is 0 Å². The molecule has 0 saturated carbocycles. The third-order valence-electron chi connectivity index (χ3n) is 6.82. The fraction of sp³-hybridized carbons (Fsp3) is 0.500. The molecule has 2 aromatic rings. The SMILES string of the molecule is CCCCCOC(=O)Nc1ccc([C@H]2c3ccc(OC)cc3C[C@H](NCCCC)N2C(=O)C#C[Si](C)(C)C)cc1. The van der Waals surface area contributed by atoms with Crippen LogP contribution in [0.1, 0.15) is 68.7 Å². The van der Waals surface area contributed by atoms with Crippen molar-refractivity contribution in [1.82, 2.24) is 10.2 Å². The normalized spacial score (nSPS) is 16.4. The Hall–Kier alpha value is -3.28. The summed E-state index contributed by atoms with van der Waals surface area (Å²) >= 11 is 0. The smallest absolute Gasteiger partial charge is 0.411 e. The number of methoxy groups -OCH3 is 1. The highest BCUT2D eigenvalue weighted by atomic mass is 28.3. The van der Waals surface area contributed by atoms with E-state index in [9.17, 15) is 9.59 Å². The molecule has 2 aromatic carbocycles. The van der Waals surface area contributed by atoms with E-state index >= 15 is 0 Å². The number of hydrogen-bond acceptors (Lipinski definition) is 5. The summed E-state index contributed by atoms with van der Waals surface area (Å²) < 4.78 is 10.8. The predicted octanol–water partition coefficient (Wildman–Crippen LogP) is 6.50. The molecular weight excluding hydrogens is 518 g/mol. The second-order valence-electron chi connectivity index (χ2n) is 11.3. The van der Waals surface area contributed by atoms with Gasteiger partial charge >= 0.3 is 6.09 Å². The lowest BCUT2D eigenvalue weighted by molar-refractivity contribution is -0.130. The molecule has 0 aromatic heterocycles. The number of anilines is 1. The monoisotopic (exact) mass is 563 g/mol. The van der Waals surface area contributed by atoms with E-state index in [1.54, 1.807) is 7.11 Å². The van der Waals surface area contributed by atoms with Crippen LogP contribution in [-0.4, -0.2) is 51.4 Å². The zero-order valence-corrected chi connectivity index (χ0v) is 25.9. The minimum atomic E-state index is -1.76. The first-order chi connectivity index (χ1) is 19.2. The van der Waals surface area contributed by atoms with Crippen molar-refractivity contribution in [3.8, 4) is 17.2 Å². The molecule has 2 N–H and O–H groups in total. The molecule has 0 aliphatic carbocycles.